The highest BCUT2D eigenvalue weighted by molar-refractivity contribution is 8.01. The van der Waals surface area contributed by atoms with Gasteiger partial charge in [-0.05, 0) is 39.8 Å². The molecular weight excluding hydrogens is 296 g/mol. The third-order valence-electron chi connectivity index (χ3n) is 2.81. The molecular formula is C13H22N2OS3. The Balaban J connectivity index is 2.81. The van der Waals surface area contributed by atoms with Crippen LogP contribution in [0.4, 0.5) is 0 Å². The van der Waals surface area contributed by atoms with Gasteiger partial charge in [-0.3, -0.25) is 4.79 Å². The molecule has 3 nitrogen and oxygen atoms in total. The third kappa shape index (κ3) is 5.11. The molecule has 1 rings (SSSR count). The largest absolute Gasteiger partial charge is 0.309 e. The fraction of sp³-hybridized carbons (Fsp3) is 0.615. The van der Waals surface area contributed by atoms with E-state index in [0.29, 0.717) is 5.75 Å². The molecule has 19 heavy (non-hydrogen) atoms. The highest BCUT2D eigenvalue weighted by atomic mass is 32.2. The van der Waals surface area contributed by atoms with E-state index >= 15 is 0 Å². The van der Waals surface area contributed by atoms with E-state index in [2.05, 4.69) is 42.6 Å². The highest BCUT2D eigenvalue weighted by Crippen LogP contribution is 2.35. The Kier molecular flexibility index (Phi) is 7.46. The number of thioether (sulfide) groups is 1. The van der Waals surface area contributed by atoms with E-state index in [0.717, 1.165) is 29.0 Å². The average molecular weight is 319 g/mol. The third-order valence-corrected chi connectivity index (χ3v) is 5.42. The Morgan fingerprint density at radius 3 is 2.58 bits per heavy atom. The molecule has 108 valence electrons. The first-order valence-electron chi connectivity index (χ1n) is 6.13. The minimum atomic E-state index is 0.197. The van der Waals surface area contributed by atoms with E-state index in [1.807, 2.05) is 25.9 Å². The van der Waals surface area contributed by atoms with Gasteiger partial charge in [-0.1, -0.05) is 0 Å². The molecule has 0 aliphatic carbocycles. The molecule has 0 aromatic carbocycles. The van der Waals surface area contributed by atoms with Crippen LogP contribution in [-0.2, 0) is 0 Å². The predicted molar refractivity (Wildman–Crippen MR) is 89.3 cm³/mol. The van der Waals surface area contributed by atoms with Gasteiger partial charge in [0.1, 0.15) is 0 Å². The molecule has 1 atom stereocenters. The Bertz CT molecular complexity index is 405. The summed E-state index contributed by atoms with van der Waals surface area (Å²) in [5, 5.41) is 0. The summed E-state index contributed by atoms with van der Waals surface area (Å²) in [7, 11) is 8.18. The zero-order chi connectivity index (χ0) is 14.4. The second kappa shape index (κ2) is 8.32. The van der Waals surface area contributed by atoms with Gasteiger partial charge in [-0.2, -0.15) is 12.6 Å². The van der Waals surface area contributed by atoms with Crippen LogP contribution in [0.3, 0.4) is 0 Å². The molecule has 0 spiro atoms. The summed E-state index contributed by atoms with van der Waals surface area (Å²) in [4.78, 5) is 16.3. The first-order chi connectivity index (χ1) is 8.99. The lowest BCUT2D eigenvalue weighted by atomic mass is 10.1. The Hall–Kier alpha value is -0.0100. The van der Waals surface area contributed by atoms with Gasteiger partial charge in [0.05, 0.1) is 9.09 Å². The van der Waals surface area contributed by atoms with Crippen molar-refractivity contribution in [3.05, 3.63) is 16.5 Å². The fourth-order valence-electron chi connectivity index (χ4n) is 1.69. The van der Waals surface area contributed by atoms with Crippen LogP contribution in [0.2, 0.25) is 0 Å². The Morgan fingerprint density at radius 1 is 1.42 bits per heavy atom. The van der Waals surface area contributed by atoms with Gasteiger partial charge in [-0.15, -0.1) is 23.1 Å². The van der Waals surface area contributed by atoms with E-state index in [9.17, 15) is 4.79 Å². The molecule has 1 unspecified atom stereocenters. The molecule has 0 N–H and O–H groups in total. The van der Waals surface area contributed by atoms with Crippen LogP contribution in [0.5, 0.6) is 0 Å². The standard InChI is InChI=1S/C13H22N2OS3/c1-14(2)5-6-18-13-7-10(12(8-16)19-13)11(9-17)15(3)4/h7-8,11,17H,5-6,9H2,1-4H3. The normalized spacial score (nSPS) is 13.2. The van der Waals surface area contributed by atoms with Crippen molar-refractivity contribution in [2.75, 3.05) is 46.2 Å². The fourth-order valence-corrected chi connectivity index (χ4v) is 4.60. The van der Waals surface area contributed by atoms with Crippen molar-refractivity contribution >= 4 is 42.0 Å². The van der Waals surface area contributed by atoms with Crippen LogP contribution < -0.4 is 0 Å². The highest BCUT2D eigenvalue weighted by Gasteiger charge is 2.19. The van der Waals surface area contributed by atoms with Gasteiger partial charge in [0.2, 0.25) is 0 Å². The average Bonchev–Trinajstić information content (AvgIpc) is 2.72. The van der Waals surface area contributed by atoms with Crippen molar-refractivity contribution in [1.29, 1.82) is 0 Å². The molecule has 0 saturated carbocycles. The summed E-state index contributed by atoms with van der Waals surface area (Å²) in [5.74, 6) is 1.76. The summed E-state index contributed by atoms with van der Waals surface area (Å²) < 4.78 is 1.22. The molecule has 0 aliphatic heterocycles. The number of hydrogen-bond donors (Lipinski definition) is 1. The Morgan fingerprint density at radius 2 is 2.11 bits per heavy atom. The van der Waals surface area contributed by atoms with E-state index in [4.69, 9.17) is 0 Å². The maximum atomic E-state index is 11.2. The maximum Gasteiger partial charge on any atom is 0.160 e. The number of hydrogen-bond acceptors (Lipinski definition) is 6. The summed E-state index contributed by atoms with van der Waals surface area (Å²) in [6.07, 6.45) is 0.968. The molecule has 0 bridgehead atoms. The van der Waals surface area contributed by atoms with Gasteiger partial charge in [0.15, 0.2) is 6.29 Å². The molecule has 0 aliphatic rings. The molecule has 1 aromatic rings. The van der Waals surface area contributed by atoms with E-state index in [1.165, 1.54) is 4.21 Å². The second-order valence-electron chi connectivity index (χ2n) is 4.82. The molecule has 0 fully saturated rings. The van der Waals surface area contributed by atoms with Crippen LogP contribution in [0.15, 0.2) is 10.3 Å². The first kappa shape index (κ1) is 17.0. The monoisotopic (exact) mass is 318 g/mol. The molecule has 0 saturated heterocycles. The number of carbonyl (C=O) groups is 1. The topological polar surface area (TPSA) is 23.6 Å². The molecule has 1 heterocycles. The number of carbonyl (C=O) groups excluding carboxylic acids is 1. The van der Waals surface area contributed by atoms with E-state index in [-0.39, 0.29) is 6.04 Å². The van der Waals surface area contributed by atoms with Crippen LogP contribution in [0, 0.1) is 0 Å². The van der Waals surface area contributed by atoms with E-state index < -0.39 is 0 Å². The van der Waals surface area contributed by atoms with Crippen LogP contribution in [-0.4, -0.2) is 62.3 Å². The molecule has 0 amide bonds. The number of thiophene rings is 1. The van der Waals surface area contributed by atoms with Crippen molar-refractivity contribution in [1.82, 2.24) is 9.80 Å². The quantitative estimate of drug-likeness (QED) is 0.452. The predicted octanol–water partition coefficient (Wildman–Crippen LogP) is 2.75. The summed E-state index contributed by atoms with van der Waals surface area (Å²) >= 11 is 7.79. The molecule has 1 aromatic heterocycles. The maximum absolute atomic E-state index is 11.2. The summed E-state index contributed by atoms with van der Waals surface area (Å²) in [6.45, 7) is 1.04. The number of thiol groups is 1. The second-order valence-corrected chi connectivity index (χ2v) is 7.66. The van der Waals surface area contributed by atoms with Gasteiger partial charge >= 0.3 is 0 Å². The summed E-state index contributed by atoms with van der Waals surface area (Å²) in [6, 6.07) is 2.35. The van der Waals surface area contributed by atoms with Crippen LogP contribution >= 0.6 is 35.7 Å². The van der Waals surface area contributed by atoms with Gasteiger partial charge in [-0.25, -0.2) is 0 Å². The minimum absolute atomic E-state index is 0.197. The number of aldehydes is 1. The number of rotatable bonds is 8. The van der Waals surface area contributed by atoms with Crippen molar-refractivity contribution in [2.24, 2.45) is 0 Å². The van der Waals surface area contributed by atoms with E-state index in [1.54, 1.807) is 11.3 Å². The van der Waals surface area contributed by atoms with Crippen molar-refractivity contribution in [2.45, 2.75) is 10.3 Å². The smallest absolute Gasteiger partial charge is 0.160 e. The lowest BCUT2D eigenvalue weighted by Gasteiger charge is -2.22. The molecule has 0 radical (unpaired) electrons. The summed E-state index contributed by atoms with van der Waals surface area (Å²) in [5.41, 5.74) is 1.10. The first-order valence-corrected chi connectivity index (χ1v) is 8.56. The number of nitrogens with zero attached hydrogens (tertiary/aromatic N) is 2. The van der Waals surface area contributed by atoms with Gasteiger partial charge in [0, 0.05) is 24.1 Å². The Labute approximate surface area is 129 Å². The lowest BCUT2D eigenvalue weighted by molar-refractivity contribution is 0.112. The van der Waals surface area contributed by atoms with Crippen molar-refractivity contribution < 1.29 is 4.79 Å². The lowest BCUT2D eigenvalue weighted by Crippen LogP contribution is -2.21. The van der Waals surface area contributed by atoms with Crippen molar-refractivity contribution in [3.63, 3.8) is 0 Å². The zero-order valence-corrected chi connectivity index (χ0v) is 14.4. The van der Waals surface area contributed by atoms with Crippen LogP contribution in [0.25, 0.3) is 0 Å². The van der Waals surface area contributed by atoms with Crippen LogP contribution in [0.1, 0.15) is 21.3 Å². The van der Waals surface area contributed by atoms with Crippen molar-refractivity contribution in [3.8, 4) is 0 Å². The zero-order valence-electron chi connectivity index (χ0n) is 11.9. The molecule has 6 heteroatoms. The van der Waals surface area contributed by atoms with Gasteiger partial charge < -0.3 is 9.80 Å². The SMILES string of the molecule is CN(C)CCSc1cc(C(CS)N(C)C)c(C=O)s1. The van der Waals surface area contributed by atoms with Gasteiger partial charge in [0.25, 0.3) is 0 Å². The minimum Gasteiger partial charge on any atom is -0.309 e.